The lowest BCUT2D eigenvalue weighted by atomic mass is 9.99. The van der Waals surface area contributed by atoms with Gasteiger partial charge in [-0.25, -0.2) is 0 Å². The number of benzene rings is 1. The summed E-state index contributed by atoms with van der Waals surface area (Å²) < 4.78 is 0. The average molecular weight is 278 g/mol. The van der Waals surface area contributed by atoms with Gasteiger partial charge in [-0.2, -0.15) is 0 Å². The molecule has 19 heavy (non-hydrogen) atoms. The van der Waals surface area contributed by atoms with Crippen molar-refractivity contribution in [1.82, 2.24) is 10.2 Å². The molecule has 0 radical (unpaired) electrons. The smallest absolute Gasteiger partial charge is 0.0349 e. The van der Waals surface area contributed by atoms with Crippen molar-refractivity contribution in [1.29, 1.82) is 0 Å². The number of piperazine rings is 1. The first kappa shape index (κ1) is 14.9. The summed E-state index contributed by atoms with van der Waals surface area (Å²) in [5, 5.41) is 3.45. The second-order valence-corrected chi connectivity index (χ2v) is 6.10. The quantitative estimate of drug-likeness (QED) is 0.801. The molecule has 2 nitrogen and oxygen atoms in total. The number of nitrogens with zero attached hydrogens (tertiary/aromatic N) is 1. The van der Waals surface area contributed by atoms with Crippen LogP contribution in [-0.4, -0.2) is 37.3 Å². The maximum atomic E-state index is 3.45. The zero-order valence-electron chi connectivity index (χ0n) is 12.2. The normalized spacial score (nSPS) is 18.4. The number of nitrogens with one attached hydrogen (secondary N) is 1. The molecule has 2 rings (SSSR count). The van der Waals surface area contributed by atoms with E-state index in [9.17, 15) is 0 Å². The summed E-state index contributed by atoms with van der Waals surface area (Å²) in [6.07, 6.45) is 6.03. The second kappa shape index (κ2) is 7.93. The van der Waals surface area contributed by atoms with Gasteiger partial charge in [-0.1, -0.05) is 31.9 Å². The van der Waals surface area contributed by atoms with Crippen LogP contribution < -0.4 is 5.32 Å². The molecule has 1 aliphatic rings. The summed E-state index contributed by atoms with van der Waals surface area (Å²) in [5.41, 5.74) is 1.49. The first-order valence-electron chi connectivity index (χ1n) is 7.44. The van der Waals surface area contributed by atoms with Crippen LogP contribution >= 0.6 is 11.8 Å². The third kappa shape index (κ3) is 4.23. The van der Waals surface area contributed by atoms with Crippen molar-refractivity contribution in [2.24, 2.45) is 0 Å². The van der Waals surface area contributed by atoms with Gasteiger partial charge >= 0.3 is 0 Å². The van der Waals surface area contributed by atoms with Gasteiger partial charge in [0, 0.05) is 37.1 Å². The van der Waals surface area contributed by atoms with Crippen LogP contribution in [0.3, 0.4) is 0 Å². The molecule has 0 saturated carbocycles. The molecule has 0 bridgehead atoms. The van der Waals surface area contributed by atoms with E-state index in [1.165, 1.54) is 42.8 Å². The number of unbranched alkanes of at least 4 members (excludes halogenated alkanes) is 1. The van der Waals surface area contributed by atoms with Crippen LogP contribution in [0.25, 0.3) is 0 Å². The molecule has 1 N–H and O–H groups in total. The summed E-state index contributed by atoms with van der Waals surface area (Å²) in [5.74, 6) is 0. The molecule has 1 unspecified atom stereocenters. The fraction of sp³-hybridized carbons (Fsp3) is 0.625. The number of hydrogen-bond donors (Lipinski definition) is 1. The Hall–Kier alpha value is -0.510. The van der Waals surface area contributed by atoms with Gasteiger partial charge < -0.3 is 5.32 Å². The lowest BCUT2D eigenvalue weighted by Crippen LogP contribution is -2.45. The third-order valence-corrected chi connectivity index (χ3v) is 4.67. The predicted molar refractivity (Wildman–Crippen MR) is 84.9 cm³/mol. The molecule has 0 spiro atoms. The van der Waals surface area contributed by atoms with E-state index in [0.717, 1.165) is 13.1 Å². The number of thioether (sulfide) groups is 1. The molecule has 106 valence electrons. The van der Waals surface area contributed by atoms with Crippen LogP contribution in [0.2, 0.25) is 0 Å². The van der Waals surface area contributed by atoms with Crippen LogP contribution in [0.1, 0.15) is 37.8 Å². The Bertz CT molecular complexity index is 358. The van der Waals surface area contributed by atoms with Gasteiger partial charge in [0.15, 0.2) is 0 Å². The van der Waals surface area contributed by atoms with E-state index in [0.29, 0.717) is 6.04 Å². The fourth-order valence-corrected chi connectivity index (χ4v) is 3.19. The summed E-state index contributed by atoms with van der Waals surface area (Å²) in [6, 6.07) is 9.79. The van der Waals surface area contributed by atoms with E-state index in [1.807, 2.05) is 11.8 Å². The molecule has 1 saturated heterocycles. The van der Waals surface area contributed by atoms with Crippen molar-refractivity contribution in [3.8, 4) is 0 Å². The highest BCUT2D eigenvalue weighted by Gasteiger charge is 2.21. The first-order valence-corrected chi connectivity index (χ1v) is 8.66. The molecule has 0 aromatic heterocycles. The summed E-state index contributed by atoms with van der Waals surface area (Å²) in [7, 11) is 0. The molecule has 1 fully saturated rings. The number of rotatable bonds is 6. The average Bonchev–Trinajstić information content (AvgIpc) is 2.49. The standard InChI is InChI=1S/C16H26N2S/c1-3-4-5-16(18-12-10-17-11-13-18)14-6-8-15(19-2)9-7-14/h6-9,16-17H,3-5,10-13H2,1-2H3. The van der Waals surface area contributed by atoms with Crippen molar-refractivity contribution >= 4 is 11.8 Å². The van der Waals surface area contributed by atoms with Crippen LogP contribution in [0, 0.1) is 0 Å². The summed E-state index contributed by atoms with van der Waals surface area (Å²) in [6.45, 7) is 6.90. The molecule has 0 amide bonds. The van der Waals surface area contributed by atoms with E-state index in [-0.39, 0.29) is 0 Å². The van der Waals surface area contributed by atoms with Gasteiger partial charge in [0.05, 0.1) is 0 Å². The Kier molecular flexibility index (Phi) is 6.21. The molecular weight excluding hydrogens is 252 g/mol. The van der Waals surface area contributed by atoms with Crippen molar-refractivity contribution in [3.63, 3.8) is 0 Å². The van der Waals surface area contributed by atoms with Crippen LogP contribution in [0.15, 0.2) is 29.2 Å². The molecule has 1 atom stereocenters. The third-order valence-electron chi connectivity index (χ3n) is 3.92. The van der Waals surface area contributed by atoms with Gasteiger partial charge in [0.25, 0.3) is 0 Å². The molecule has 1 heterocycles. The van der Waals surface area contributed by atoms with E-state index < -0.39 is 0 Å². The Balaban J connectivity index is 2.10. The van der Waals surface area contributed by atoms with E-state index in [1.54, 1.807) is 0 Å². The van der Waals surface area contributed by atoms with E-state index in [2.05, 4.69) is 47.7 Å². The van der Waals surface area contributed by atoms with Gasteiger partial charge in [-0.05, 0) is 30.4 Å². The van der Waals surface area contributed by atoms with E-state index in [4.69, 9.17) is 0 Å². The monoisotopic (exact) mass is 278 g/mol. The highest BCUT2D eigenvalue weighted by Crippen LogP contribution is 2.28. The van der Waals surface area contributed by atoms with Crippen molar-refractivity contribution in [2.75, 3.05) is 32.4 Å². The van der Waals surface area contributed by atoms with Crippen LogP contribution in [-0.2, 0) is 0 Å². The molecular formula is C16H26N2S. The van der Waals surface area contributed by atoms with Gasteiger partial charge in [-0.3, -0.25) is 4.90 Å². The first-order chi connectivity index (χ1) is 9.35. The lowest BCUT2D eigenvalue weighted by molar-refractivity contribution is 0.163. The van der Waals surface area contributed by atoms with Gasteiger partial charge in [0.1, 0.15) is 0 Å². The highest BCUT2D eigenvalue weighted by atomic mass is 32.2. The minimum atomic E-state index is 0.609. The molecule has 1 aliphatic heterocycles. The molecule has 1 aromatic rings. The molecule has 1 aromatic carbocycles. The Morgan fingerprint density at radius 3 is 2.47 bits per heavy atom. The zero-order valence-corrected chi connectivity index (χ0v) is 13.0. The fourth-order valence-electron chi connectivity index (χ4n) is 2.78. The Morgan fingerprint density at radius 1 is 1.21 bits per heavy atom. The largest absolute Gasteiger partial charge is 0.314 e. The molecule has 3 heteroatoms. The Labute approximate surface area is 122 Å². The minimum absolute atomic E-state index is 0.609. The predicted octanol–water partition coefficient (Wildman–Crippen LogP) is 3.55. The maximum Gasteiger partial charge on any atom is 0.0349 e. The zero-order chi connectivity index (χ0) is 13.5. The second-order valence-electron chi connectivity index (χ2n) is 5.22. The maximum absolute atomic E-state index is 3.45. The number of hydrogen-bond acceptors (Lipinski definition) is 3. The van der Waals surface area contributed by atoms with Crippen LogP contribution in [0.4, 0.5) is 0 Å². The SMILES string of the molecule is CCCCC(c1ccc(SC)cc1)N1CCNCC1. The van der Waals surface area contributed by atoms with Crippen molar-refractivity contribution < 1.29 is 0 Å². The van der Waals surface area contributed by atoms with Gasteiger partial charge in [0.2, 0.25) is 0 Å². The lowest BCUT2D eigenvalue weighted by Gasteiger charge is -2.35. The van der Waals surface area contributed by atoms with Crippen LogP contribution in [0.5, 0.6) is 0 Å². The highest BCUT2D eigenvalue weighted by molar-refractivity contribution is 7.98. The molecule has 0 aliphatic carbocycles. The topological polar surface area (TPSA) is 15.3 Å². The minimum Gasteiger partial charge on any atom is -0.314 e. The van der Waals surface area contributed by atoms with E-state index >= 15 is 0 Å². The van der Waals surface area contributed by atoms with Crippen molar-refractivity contribution in [3.05, 3.63) is 29.8 Å². The Morgan fingerprint density at radius 2 is 1.89 bits per heavy atom. The van der Waals surface area contributed by atoms with Gasteiger partial charge in [-0.15, -0.1) is 11.8 Å². The summed E-state index contributed by atoms with van der Waals surface area (Å²) >= 11 is 1.82. The summed E-state index contributed by atoms with van der Waals surface area (Å²) in [4.78, 5) is 4.01. The van der Waals surface area contributed by atoms with Crippen molar-refractivity contribution in [2.45, 2.75) is 37.1 Å².